The van der Waals surface area contributed by atoms with E-state index in [2.05, 4.69) is 4.99 Å². The second kappa shape index (κ2) is 7.69. The van der Waals surface area contributed by atoms with Crippen molar-refractivity contribution >= 4 is 50.8 Å². The fourth-order valence-corrected chi connectivity index (χ4v) is 4.29. The molecule has 0 fully saturated rings. The van der Waals surface area contributed by atoms with Crippen LogP contribution in [0.3, 0.4) is 0 Å². The zero-order valence-corrected chi connectivity index (χ0v) is 17.2. The fourth-order valence-electron chi connectivity index (χ4n) is 2.53. The average molecular weight is 483 g/mol. The number of Topliss-reactive ketones (excluding diaryl/α,β-unsaturated/α-hetero) is 1. The van der Waals surface area contributed by atoms with E-state index >= 15 is 0 Å². The molecule has 0 spiro atoms. The number of ketones is 1. The molecule has 1 aromatic rings. The Balaban J connectivity index is 1.85. The number of hydrogen-bond acceptors (Lipinski definition) is 7. The van der Waals surface area contributed by atoms with Gasteiger partial charge in [-0.05, 0) is 25.1 Å². The maximum Gasteiger partial charge on any atom is 0.488 e. The molecule has 8 nitrogen and oxygen atoms in total. The predicted octanol–water partition coefficient (Wildman–Crippen LogP) is 2.61. The fraction of sp³-hybridized carbons (Fsp3) is 0.188. The Morgan fingerprint density at radius 3 is 2.53 bits per heavy atom. The van der Waals surface area contributed by atoms with E-state index < -0.39 is 50.3 Å². The van der Waals surface area contributed by atoms with Crippen LogP contribution in [0.2, 0.25) is 5.02 Å². The molecule has 159 valence electrons. The Hall–Kier alpha value is -2.41. The Morgan fingerprint density at radius 1 is 1.27 bits per heavy atom. The summed E-state index contributed by atoms with van der Waals surface area (Å²) >= 11 is 11.7. The summed E-state index contributed by atoms with van der Waals surface area (Å²) in [5.74, 6) is -1.78. The third-order valence-electron chi connectivity index (χ3n) is 3.98. The van der Waals surface area contributed by atoms with Crippen LogP contribution < -0.4 is 9.62 Å². The topological polar surface area (TPSA) is 102 Å². The first-order valence-corrected chi connectivity index (χ1v) is 10.2. The zero-order chi connectivity index (χ0) is 22.4. The first-order valence-electron chi connectivity index (χ1n) is 7.95. The molecule has 3 rings (SSSR count). The van der Waals surface area contributed by atoms with Crippen molar-refractivity contribution in [3.63, 3.8) is 0 Å². The van der Waals surface area contributed by atoms with Crippen LogP contribution >= 0.6 is 23.2 Å². The van der Waals surface area contributed by atoms with Crippen LogP contribution in [0.5, 0.6) is 0 Å². The molecule has 2 aliphatic heterocycles. The van der Waals surface area contributed by atoms with Crippen molar-refractivity contribution in [1.29, 1.82) is 0 Å². The molecule has 2 heterocycles. The lowest BCUT2D eigenvalue weighted by molar-refractivity contribution is -0.230. The summed E-state index contributed by atoms with van der Waals surface area (Å²) in [5, 5.41) is -0.631. The van der Waals surface area contributed by atoms with Gasteiger partial charge in [0.2, 0.25) is 6.67 Å². The first-order chi connectivity index (χ1) is 13.8. The third-order valence-corrected chi connectivity index (χ3v) is 6.06. The summed E-state index contributed by atoms with van der Waals surface area (Å²) in [6.07, 6.45) is -3.18. The molecule has 0 atom stereocenters. The van der Waals surface area contributed by atoms with Crippen LogP contribution in [0.4, 0.5) is 13.2 Å². The van der Waals surface area contributed by atoms with Crippen LogP contribution in [0.15, 0.2) is 51.2 Å². The van der Waals surface area contributed by atoms with E-state index in [9.17, 15) is 31.2 Å². The Bertz CT molecular complexity index is 1150. The Labute approximate surface area is 178 Å². The van der Waals surface area contributed by atoms with Gasteiger partial charge in [0.1, 0.15) is 9.93 Å². The quantitative estimate of drug-likeness (QED) is 0.403. The minimum atomic E-state index is -4.72. The summed E-state index contributed by atoms with van der Waals surface area (Å²) in [6, 6.07) is 3.50. The molecule has 30 heavy (non-hydrogen) atoms. The van der Waals surface area contributed by atoms with Gasteiger partial charge in [0.25, 0.3) is 15.9 Å². The van der Waals surface area contributed by atoms with Crippen molar-refractivity contribution in [2.75, 3.05) is 6.67 Å². The number of alkyl halides is 3. The van der Waals surface area contributed by atoms with Gasteiger partial charge < -0.3 is 0 Å². The normalized spacial score (nSPS) is 17.1. The molecular formula is C16H11Cl2F3N4O4S+. The average Bonchev–Trinajstić information content (AvgIpc) is 3.05. The van der Waals surface area contributed by atoms with E-state index in [-0.39, 0.29) is 21.3 Å². The van der Waals surface area contributed by atoms with Gasteiger partial charge in [0.05, 0.1) is 5.02 Å². The van der Waals surface area contributed by atoms with E-state index in [0.29, 0.717) is 6.20 Å². The standard InChI is InChI=1S/C16H11Cl2F3N4O4S/c1-8(26)9-2-3-10(17)13(4-9)30(28,29)23-15(27)12-6-24-7-25(16(19,20)21)5-11(18)14(24)22-12/h2-6H,7H2,1H3,(H,23,27)/q+1. The number of carbonyl (C=O) groups is 2. The highest BCUT2D eigenvalue weighted by molar-refractivity contribution is 7.90. The minimum absolute atomic E-state index is 0.0323. The smallest absolute Gasteiger partial charge is 0.295 e. The number of fused-ring (bicyclic) bond motifs is 1. The number of rotatable bonds is 4. The molecule has 0 saturated carbocycles. The monoisotopic (exact) mass is 482 g/mol. The van der Waals surface area contributed by atoms with Crippen LogP contribution in [0.1, 0.15) is 17.3 Å². The zero-order valence-electron chi connectivity index (χ0n) is 14.9. The Morgan fingerprint density at radius 2 is 1.93 bits per heavy atom. The van der Waals surface area contributed by atoms with Crippen LogP contribution in [0, 0.1) is 0 Å². The summed E-state index contributed by atoms with van der Waals surface area (Å²) in [7, 11) is -4.51. The van der Waals surface area contributed by atoms with Gasteiger partial charge in [-0.25, -0.2) is 18.0 Å². The molecule has 0 aromatic heterocycles. The van der Waals surface area contributed by atoms with Crippen molar-refractivity contribution in [3.05, 3.63) is 51.9 Å². The molecule has 1 aromatic carbocycles. The molecule has 14 heteroatoms. The molecule has 2 aliphatic rings. The SMILES string of the molecule is CC(=O)c1ccc(Cl)c(S(=O)(=O)NC(=O)C2=C[N+]3CN(C(F)(F)F)C=C(Cl)C3=N2)c1. The van der Waals surface area contributed by atoms with Gasteiger partial charge in [-0.3, -0.25) is 9.59 Å². The molecule has 0 aliphatic carbocycles. The number of halogens is 5. The molecule has 1 radical (unpaired) electrons. The van der Waals surface area contributed by atoms with Crippen molar-refractivity contribution in [2.24, 2.45) is 4.99 Å². The summed E-state index contributed by atoms with van der Waals surface area (Å²) in [4.78, 5) is 28.1. The van der Waals surface area contributed by atoms with Gasteiger partial charge in [-0.1, -0.05) is 28.1 Å². The van der Waals surface area contributed by atoms with E-state index in [0.717, 1.165) is 17.2 Å². The highest BCUT2D eigenvalue weighted by atomic mass is 35.5. The number of amides is 1. The van der Waals surface area contributed by atoms with Gasteiger partial charge in [-0.2, -0.15) is 4.99 Å². The second-order valence-electron chi connectivity index (χ2n) is 6.11. The minimum Gasteiger partial charge on any atom is -0.295 e. The first kappa shape index (κ1) is 22.3. The lowest BCUT2D eigenvalue weighted by Crippen LogP contribution is -2.48. The Kier molecular flexibility index (Phi) is 5.71. The predicted molar refractivity (Wildman–Crippen MR) is 101 cm³/mol. The summed E-state index contributed by atoms with van der Waals surface area (Å²) in [6.45, 7) is 0.490. The summed E-state index contributed by atoms with van der Waals surface area (Å²) in [5.41, 5.74) is -0.433. The van der Waals surface area contributed by atoms with Gasteiger partial charge >= 0.3 is 12.1 Å². The van der Waals surface area contributed by atoms with Crippen LogP contribution in [0.25, 0.3) is 0 Å². The maximum atomic E-state index is 12.9. The molecule has 0 saturated heterocycles. The maximum absolute atomic E-state index is 12.9. The van der Waals surface area contributed by atoms with E-state index in [1.807, 2.05) is 0 Å². The van der Waals surface area contributed by atoms with Crippen molar-refractivity contribution in [2.45, 2.75) is 18.1 Å². The lowest BCUT2D eigenvalue weighted by Gasteiger charge is -2.25. The van der Waals surface area contributed by atoms with E-state index in [1.54, 1.807) is 4.72 Å². The number of nitrogens with zero attached hydrogens (tertiary/aromatic N) is 3. The van der Waals surface area contributed by atoms with Crippen LogP contribution in [-0.2, 0) is 14.8 Å². The number of carbonyl (C=O) groups excluding carboxylic acids is 2. The third kappa shape index (κ3) is 4.36. The molecular weight excluding hydrogens is 472 g/mol. The lowest BCUT2D eigenvalue weighted by atomic mass is 10.1. The molecule has 1 amide bonds. The number of aliphatic imine (C=N–C) groups is 1. The van der Waals surface area contributed by atoms with Gasteiger partial charge in [-0.15, -0.1) is 13.2 Å². The molecule has 0 bridgehead atoms. The molecule has 0 unspecified atom stereocenters. The largest absolute Gasteiger partial charge is 0.488 e. The summed E-state index contributed by atoms with van der Waals surface area (Å²) < 4.78 is 65.5. The van der Waals surface area contributed by atoms with E-state index in [4.69, 9.17) is 23.2 Å². The molecule has 1 N–H and O–H groups in total. The number of nitrogens with one attached hydrogen (secondary N) is 1. The van der Waals surface area contributed by atoms with Gasteiger partial charge in [0, 0.05) is 11.8 Å². The number of benzene rings is 1. The van der Waals surface area contributed by atoms with Crippen molar-refractivity contribution < 1.29 is 31.2 Å². The highest BCUT2D eigenvalue weighted by Crippen LogP contribution is 2.30. The van der Waals surface area contributed by atoms with Crippen molar-refractivity contribution in [3.8, 4) is 0 Å². The van der Waals surface area contributed by atoms with Crippen molar-refractivity contribution in [1.82, 2.24) is 14.5 Å². The van der Waals surface area contributed by atoms with Gasteiger partial charge in [0.15, 0.2) is 17.7 Å². The van der Waals surface area contributed by atoms with E-state index in [1.165, 1.54) is 19.1 Å². The van der Waals surface area contributed by atoms with Crippen LogP contribution in [-0.4, -0.2) is 43.8 Å². The number of hydrogen-bond donors (Lipinski definition) is 1. The number of amidine groups is 1. The number of sulfonamides is 1. The second-order valence-corrected chi connectivity index (χ2v) is 8.58. The highest BCUT2D eigenvalue weighted by Gasteiger charge is 2.47.